The van der Waals surface area contributed by atoms with Gasteiger partial charge in [0.1, 0.15) is 0 Å². The van der Waals surface area contributed by atoms with E-state index in [-0.39, 0.29) is 11.5 Å². The summed E-state index contributed by atoms with van der Waals surface area (Å²) >= 11 is 0. The SMILES string of the molecule is CCc1cc2ccccc2n(NC(C)=O)c1=O. The van der Waals surface area contributed by atoms with Crippen LogP contribution in [0.25, 0.3) is 10.9 Å². The molecule has 1 aromatic heterocycles. The number of nitrogens with one attached hydrogen (secondary N) is 1. The summed E-state index contributed by atoms with van der Waals surface area (Å²) < 4.78 is 1.32. The fourth-order valence-electron chi connectivity index (χ4n) is 1.84. The first-order valence-corrected chi connectivity index (χ1v) is 5.54. The fraction of sp³-hybridized carbons (Fsp3) is 0.231. The molecule has 0 fully saturated rings. The quantitative estimate of drug-likeness (QED) is 0.852. The summed E-state index contributed by atoms with van der Waals surface area (Å²) in [4.78, 5) is 23.2. The predicted octanol–water partition coefficient (Wildman–Crippen LogP) is 1.65. The maximum Gasteiger partial charge on any atom is 0.272 e. The van der Waals surface area contributed by atoms with Crippen molar-refractivity contribution in [3.63, 3.8) is 0 Å². The molecule has 0 aliphatic heterocycles. The van der Waals surface area contributed by atoms with Gasteiger partial charge in [0.25, 0.3) is 5.56 Å². The second-order valence-corrected chi connectivity index (χ2v) is 3.89. The molecule has 1 heterocycles. The van der Waals surface area contributed by atoms with E-state index in [0.717, 1.165) is 5.39 Å². The van der Waals surface area contributed by atoms with Gasteiger partial charge in [-0.3, -0.25) is 15.0 Å². The molecule has 0 radical (unpaired) electrons. The van der Waals surface area contributed by atoms with E-state index in [4.69, 9.17) is 0 Å². The third-order valence-electron chi connectivity index (χ3n) is 2.64. The van der Waals surface area contributed by atoms with E-state index in [0.29, 0.717) is 17.5 Å². The lowest BCUT2D eigenvalue weighted by atomic mass is 10.1. The van der Waals surface area contributed by atoms with Crippen molar-refractivity contribution in [1.82, 2.24) is 4.68 Å². The van der Waals surface area contributed by atoms with Crippen molar-refractivity contribution in [3.8, 4) is 0 Å². The van der Waals surface area contributed by atoms with Crippen LogP contribution in [0.15, 0.2) is 35.1 Å². The Morgan fingerprint density at radius 2 is 2.06 bits per heavy atom. The fourth-order valence-corrected chi connectivity index (χ4v) is 1.84. The molecular formula is C13H14N2O2. The van der Waals surface area contributed by atoms with E-state index in [2.05, 4.69) is 5.43 Å². The predicted molar refractivity (Wildman–Crippen MR) is 67.6 cm³/mol. The minimum atomic E-state index is -0.259. The number of carbonyl (C=O) groups is 1. The Morgan fingerprint density at radius 1 is 1.35 bits per heavy atom. The van der Waals surface area contributed by atoms with Gasteiger partial charge in [0.05, 0.1) is 5.52 Å². The molecule has 0 aliphatic carbocycles. The Bertz CT molecular complexity index is 629. The second-order valence-electron chi connectivity index (χ2n) is 3.89. The summed E-state index contributed by atoms with van der Waals surface area (Å²) in [5.74, 6) is -0.259. The Labute approximate surface area is 98.8 Å². The summed E-state index contributed by atoms with van der Waals surface area (Å²) in [6.07, 6.45) is 0.642. The highest BCUT2D eigenvalue weighted by atomic mass is 16.2. The van der Waals surface area contributed by atoms with Crippen LogP contribution in [0, 0.1) is 0 Å². The van der Waals surface area contributed by atoms with Crippen LogP contribution < -0.4 is 11.0 Å². The molecule has 2 rings (SSSR count). The van der Waals surface area contributed by atoms with Gasteiger partial charge in [0.15, 0.2) is 0 Å². The largest absolute Gasteiger partial charge is 0.274 e. The number of pyridine rings is 1. The highest BCUT2D eigenvalue weighted by molar-refractivity contribution is 5.85. The lowest BCUT2D eigenvalue weighted by molar-refractivity contribution is -0.115. The van der Waals surface area contributed by atoms with E-state index in [1.54, 1.807) is 0 Å². The lowest BCUT2D eigenvalue weighted by Gasteiger charge is -2.12. The Balaban J connectivity index is 2.80. The summed E-state index contributed by atoms with van der Waals surface area (Å²) in [7, 11) is 0. The van der Waals surface area contributed by atoms with E-state index in [1.165, 1.54) is 11.6 Å². The van der Waals surface area contributed by atoms with Gasteiger partial charge in [-0.1, -0.05) is 25.1 Å². The Kier molecular flexibility index (Phi) is 2.95. The van der Waals surface area contributed by atoms with E-state index in [1.807, 2.05) is 37.3 Å². The van der Waals surface area contributed by atoms with Crippen molar-refractivity contribution in [1.29, 1.82) is 0 Å². The molecule has 17 heavy (non-hydrogen) atoms. The maximum absolute atomic E-state index is 12.1. The van der Waals surface area contributed by atoms with E-state index >= 15 is 0 Å². The van der Waals surface area contributed by atoms with Crippen LogP contribution in [-0.4, -0.2) is 10.6 Å². The third kappa shape index (κ3) is 2.06. The summed E-state index contributed by atoms with van der Waals surface area (Å²) in [5.41, 5.74) is 3.80. The van der Waals surface area contributed by atoms with Gasteiger partial charge < -0.3 is 0 Å². The molecule has 0 bridgehead atoms. The zero-order valence-corrected chi connectivity index (χ0v) is 9.86. The van der Waals surface area contributed by atoms with Crippen LogP contribution in [0.3, 0.4) is 0 Å². The van der Waals surface area contributed by atoms with Crippen molar-refractivity contribution in [2.24, 2.45) is 0 Å². The minimum Gasteiger partial charge on any atom is -0.274 e. The average molecular weight is 230 g/mol. The smallest absolute Gasteiger partial charge is 0.272 e. The summed E-state index contributed by atoms with van der Waals surface area (Å²) in [6.45, 7) is 3.31. The molecule has 0 atom stereocenters. The van der Waals surface area contributed by atoms with Crippen LogP contribution in [-0.2, 0) is 11.2 Å². The van der Waals surface area contributed by atoms with Crippen LogP contribution in [0.2, 0.25) is 0 Å². The van der Waals surface area contributed by atoms with Gasteiger partial charge in [-0.05, 0) is 18.6 Å². The molecule has 0 spiro atoms. The van der Waals surface area contributed by atoms with Crippen molar-refractivity contribution in [2.75, 3.05) is 5.43 Å². The highest BCUT2D eigenvalue weighted by Crippen LogP contribution is 2.12. The first-order chi connectivity index (χ1) is 8.13. The van der Waals surface area contributed by atoms with Crippen molar-refractivity contribution in [3.05, 3.63) is 46.2 Å². The number of hydrogen-bond acceptors (Lipinski definition) is 2. The van der Waals surface area contributed by atoms with E-state index in [9.17, 15) is 9.59 Å². The standard InChI is InChI=1S/C13H14N2O2/c1-3-10-8-11-6-4-5-7-12(11)15(13(10)17)14-9(2)16/h4-8H,3H2,1-2H3,(H,14,16). The monoisotopic (exact) mass is 230 g/mol. The van der Waals surface area contributed by atoms with Crippen LogP contribution in [0.4, 0.5) is 0 Å². The van der Waals surface area contributed by atoms with Crippen molar-refractivity contribution in [2.45, 2.75) is 20.3 Å². The zero-order chi connectivity index (χ0) is 12.4. The molecule has 0 aliphatic rings. The molecule has 4 nitrogen and oxygen atoms in total. The van der Waals surface area contributed by atoms with Crippen molar-refractivity contribution < 1.29 is 4.79 Å². The first kappa shape index (κ1) is 11.4. The van der Waals surface area contributed by atoms with E-state index < -0.39 is 0 Å². The number of para-hydroxylation sites is 1. The number of carbonyl (C=O) groups excluding carboxylic acids is 1. The molecule has 0 saturated heterocycles. The number of hydrogen-bond donors (Lipinski definition) is 1. The minimum absolute atomic E-state index is 0.165. The molecule has 1 aromatic carbocycles. The van der Waals surface area contributed by atoms with Crippen LogP contribution >= 0.6 is 0 Å². The highest BCUT2D eigenvalue weighted by Gasteiger charge is 2.08. The topological polar surface area (TPSA) is 51.1 Å². The Hall–Kier alpha value is -2.10. The van der Waals surface area contributed by atoms with Crippen LogP contribution in [0.5, 0.6) is 0 Å². The number of aromatic nitrogens is 1. The number of benzene rings is 1. The van der Waals surface area contributed by atoms with Crippen molar-refractivity contribution >= 4 is 16.8 Å². The zero-order valence-electron chi connectivity index (χ0n) is 9.86. The second kappa shape index (κ2) is 4.41. The molecule has 1 amide bonds. The van der Waals surface area contributed by atoms with Gasteiger partial charge in [0.2, 0.25) is 5.91 Å². The molecule has 0 unspecified atom stereocenters. The average Bonchev–Trinajstić information content (AvgIpc) is 2.32. The number of rotatable bonds is 2. The molecule has 88 valence electrons. The number of fused-ring (bicyclic) bond motifs is 1. The maximum atomic E-state index is 12.1. The van der Waals surface area contributed by atoms with Gasteiger partial charge in [0, 0.05) is 17.9 Å². The van der Waals surface area contributed by atoms with Gasteiger partial charge in [-0.25, -0.2) is 4.68 Å². The molecule has 0 saturated carbocycles. The number of aryl methyl sites for hydroxylation is 1. The Morgan fingerprint density at radius 3 is 2.71 bits per heavy atom. The first-order valence-electron chi connectivity index (χ1n) is 5.54. The number of amides is 1. The third-order valence-corrected chi connectivity index (χ3v) is 2.64. The molecule has 4 heteroatoms. The normalized spacial score (nSPS) is 10.5. The molecule has 2 aromatic rings. The lowest BCUT2D eigenvalue weighted by Crippen LogP contribution is -2.33. The van der Waals surface area contributed by atoms with Crippen LogP contribution in [0.1, 0.15) is 19.4 Å². The number of nitrogens with zero attached hydrogens (tertiary/aromatic N) is 1. The summed E-state index contributed by atoms with van der Waals surface area (Å²) in [6, 6.07) is 9.35. The van der Waals surface area contributed by atoms with Gasteiger partial charge >= 0.3 is 0 Å². The van der Waals surface area contributed by atoms with Gasteiger partial charge in [-0.15, -0.1) is 0 Å². The van der Waals surface area contributed by atoms with Gasteiger partial charge in [-0.2, -0.15) is 0 Å². The molecule has 1 N–H and O–H groups in total. The molecular weight excluding hydrogens is 216 g/mol. The summed E-state index contributed by atoms with van der Waals surface area (Å²) in [5, 5.41) is 0.942.